The minimum Gasteiger partial charge on any atom is -0.461 e. The molecular formula is C21H21N7O3S. The Balaban J connectivity index is 1.79. The monoisotopic (exact) mass is 451 g/mol. The third-order valence-corrected chi connectivity index (χ3v) is 5.98. The highest BCUT2D eigenvalue weighted by Crippen LogP contribution is 2.47. The van der Waals surface area contributed by atoms with Gasteiger partial charge in [0.25, 0.3) is 0 Å². The minimum absolute atomic E-state index is 0.127. The van der Waals surface area contributed by atoms with Crippen molar-refractivity contribution < 1.29 is 13.9 Å². The summed E-state index contributed by atoms with van der Waals surface area (Å²) in [6.07, 6.45) is 5.17. The first-order valence-electron chi connectivity index (χ1n) is 9.79. The normalized spacial score (nSPS) is 10.9. The summed E-state index contributed by atoms with van der Waals surface area (Å²) >= 11 is 1.08. The summed E-state index contributed by atoms with van der Waals surface area (Å²) in [6, 6.07) is 4.08. The van der Waals surface area contributed by atoms with Crippen LogP contribution in [-0.2, 0) is 6.54 Å². The number of hydrogen-bond donors (Lipinski definition) is 3. The number of nitrogen functional groups attached to an aromatic ring is 1. The van der Waals surface area contributed by atoms with E-state index in [0.717, 1.165) is 35.6 Å². The summed E-state index contributed by atoms with van der Waals surface area (Å²) in [5.41, 5.74) is 13.4. The Kier molecular flexibility index (Phi) is 5.70. The number of carbonyl (C=O) groups excluding carboxylic acids is 1. The smallest absolute Gasteiger partial charge is 0.410 e. The van der Waals surface area contributed by atoms with Crippen LogP contribution in [0.25, 0.3) is 21.5 Å². The second-order valence-electron chi connectivity index (χ2n) is 7.16. The molecule has 4 aromatic heterocycles. The summed E-state index contributed by atoms with van der Waals surface area (Å²) < 4.78 is 12.9. The number of imidazole rings is 1. The molecule has 1 amide bonds. The molecule has 4 heterocycles. The molecule has 4 rings (SSSR count). The molecule has 0 saturated heterocycles. The number of aryl methyl sites for hydroxylation is 3. The van der Waals surface area contributed by atoms with Gasteiger partial charge in [-0.05, 0) is 31.9 Å². The molecule has 0 radical (unpaired) electrons. The zero-order chi connectivity index (χ0) is 22.8. The van der Waals surface area contributed by atoms with Crippen molar-refractivity contribution in [3.05, 3.63) is 41.7 Å². The number of anilines is 2. The zero-order valence-corrected chi connectivity index (χ0v) is 18.3. The average Bonchev–Trinajstić information content (AvgIpc) is 3.45. The summed E-state index contributed by atoms with van der Waals surface area (Å²) in [7, 11) is 0. The number of nitrogens with zero attached hydrogens (tertiary/aromatic N) is 4. The molecule has 0 fully saturated rings. The second kappa shape index (κ2) is 8.60. The minimum atomic E-state index is -0.979. The molecule has 164 valence electrons. The maximum absolute atomic E-state index is 11.3. The molecule has 0 aromatic carbocycles. The second-order valence-corrected chi connectivity index (χ2v) is 8.12. The topological polar surface area (TPSA) is 158 Å². The van der Waals surface area contributed by atoms with Crippen LogP contribution >= 0.6 is 11.3 Å². The largest absolute Gasteiger partial charge is 0.461 e. The summed E-state index contributed by atoms with van der Waals surface area (Å²) in [6.45, 7) is 5.10. The molecule has 0 aliphatic carbocycles. The maximum Gasteiger partial charge on any atom is 0.410 e. The predicted octanol–water partition coefficient (Wildman–Crippen LogP) is 3.78. The van der Waals surface area contributed by atoms with Gasteiger partial charge in [0.2, 0.25) is 5.06 Å². The van der Waals surface area contributed by atoms with E-state index in [2.05, 4.69) is 21.4 Å². The number of amides is 1. The van der Waals surface area contributed by atoms with Gasteiger partial charge in [-0.1, -0.05) is 11.3 Å². The van der Waals surface area contributed by atoms with E-state index >= 15 is 0 Å². The van der Waals surface area contributed by atoms with E-state index in [1.165, 1.54) is 0 Å². The van der Waals surface area contributed by atoms with E-state index in [1.54, 1.807) is 12.5 Å². The van der Waals surface area contributed by atoms with Crippen molar-refractivity contribution in [1.29, 1.82) is 5.26 Å². The highest BCUT2D eigenvalue weighted by Gasteiger charge is 2.25. The first-order valence-corrected chi connectivity index (χ1v) is 10.6. The lowest BCUT2D eigenvalue weighted by atomic mass is 10.0. The predicted molar refractivity (Wildman–Crippen MR) is 121 cm³/mol. The number of hydrogen-bond acceptors (Lipinski definition) is 9. The van der Waals surface area contributed by atoms with Crippen molar-refractivity contribution in [2.45, 2.75) is 26.8 Å². The fourth-order valence-electron chi connectivity index (χ4n) is 3.37. The lowest BCUT2D eigenvalue weighted by Crippen LogP contribution is -2.16. The lowest BCUT2D eigenvalue weighted by Gasteiger charge is -2.12. The molecule has 0 spiro atoms. The van der Waals surface area contributed by atoms with E-state index in [-0.39, 0.29) is 10.8 Å². The van der Waals surface area contributed by atoms with Gasteiger partial charge in [0, 0.05) is 25.5 Å². The third kappa shape index (κ3) is 3.95. The number of carbonyl (C=O) groups is 1. The van der Waals surface area contributed by atoms with Gasteiger partial charge in [0.05, 0.1) is 23.0 Å². The molecule has 0 unspecified atom stereocenters. The van der Waals surface area contributed by atoms with Crippen LogP contribution in [0.15, 0.2) is 29.2 Å². The van der Waals surface area contributed by atoms with Crippen LogP contribution in [0.2, 0.25) is 0 Å². The van der Waals surface area contributed by atoms with Crippen molar-refractivity contribution in [2.75, 3.05) is 17.6 Å². The van der Waals surface area contributed by atoms with E-state index in [9.17, 15) is 10.1 Å². The first kappa shape index (κ1) is 21.2. The molecule has 4 aromatic rings. The number of primary amides is 1. The zero-order valence-electron chi connectivity index (χ0n) is 17.5. The molecule has 0 atom stereocenters. The van der Waals surface area contributed by atoms with Gasteiger partial charge >= 0.3 is 6.09 Å². The van der Waals surface area contributed by atoms with E-state index in [1.807, 2.05) is 30.7 Å². The van der Waals surface area contributed by atoms with Gasteiger partial charge in [0.1, 0.15) is 33.8 Å². The number of rotatable bonds is 7. The molecular weight excluding hydrogens is 430 g/mol. The third-order valence-electron chi connectivity index (χ3n) is 5.00. The average molecular weight is 452 g/mol. The number of nitrogens with one attached hydrogen (secondary N) is 1. The van der Waals surface area contributed by atoms with Crippen molar-refractivity contribution >= 4 is 39.2 Å². The van der Waals surface area contributed by atoms with Crippen LogP contribution in [0.5, 0.6) is 5.06 Å². The van der Waals surface area contributed by atoms with Crippen LogP contribution < -0.4 is 21.5 Å². The summed E-state index contributed by atoms with van der Waals surface area (Å²) in [5, 5.41) is 13.9. The molecule has 11 heteroatoms. The molecule has 0 aliphatic heterocycles. The highest BCUT2D eigenvalue weighted by atomic mass is 32.1. The van der Waals surface area contributed by atoms with Gasteiger partial charge in [-0.2, -0.15) is 5.26 Å². The summed E-state index contributed by atoms with van der Waals surface area (Å²) in [5.74, 6) is 1.62. The van der Waals surface area contributed by atoms with Gasteiger partial charge in [0.15, 0.2) is 0 Å². The first-order chi connectivity index (χ1) is 15.4. The summed E-state index contributed by atoms with van der Waals surface area (Å²) in [4.78, 5) is 20.4. The van der Waals surface area contributed by atoms with Crippen molar-refractivity contribution in [3.63, 3.8) is 0 Å². The Labute approximate surface area is 187 Å². The number of furan rings is 1. The quantitative estimate of drug-likeness (QED) is 0.358. The molecule has 5 N–H and O–H groups in total. The molecule has 10 nitrogen and oxygen atoms in total. The Bertz CT molecular complexity index is 1310. The molecule has 0 aliphatic rings. The number of thiophene rings is 1. The Morgan fingerprint density at radius 3 is 2.88 bits per heavy atom. The van der Waals surface area contributed by atoms with Crippen molar-refractivity contribution in [2.24, 2.45) is 5.73 Å². The molecule has 0 bridgehead atoms. The van der Waals surface area contributed by atoms with Crippen LogP contribution in [0, 0.1) is 25.2 Å². The van der Waals surface area contributed by atoms with Crippen LogP contribution in [0.3, 0.4) is 0 Å². The number of fused-ring (bicyclic) bond motifs is 1. The number of nitrogens with two attached hydrogens (primary N) is 2. The van der Waals surface area contributed by atoms with Crippen LogP contribution in [-0.4, -0.2) is 27.2 Å². The number of pyridine rings is 1. The van der Waals surface area contributed by atoms with Gasteiger partial charge in [-0.25, -0.2) is 14.8 Å². The highest BCUT2D eigenvalue weighted by molar-refractivity contribution is 7.21. The standard InChI is InChI=1S/C21H21N7O3S/c1-11-8-14(30-12(11)2)15-13(9-22)18(26-4-3-6-28-7-5-25-10-28)27-19-16(15)17(23)20(32-19)31-21(24)29/h5,7-8,10H,3-4,6,23H2,1-2H3,(H2,24,29)(H,26,27). The van der Waals surface area contributed by atoms with Gasteiger partial charge < -0.3 is 30.5 Å². The van der Waals surface area contributed by atoms with E-state index in [0.29, 0.717) is 39.5 Å². The Morgan fingerprint density at radius 2 is 2.25 bits per heavy atom. The number of ether oxygens (including phenoxy) is 1. The Hall–Kier alpha value is -4.04. The maximum atomic E-state index is 11.3. The fourth-order valence-corrected chi connectivity index (χ4v) is 4.33. The SMILES string of the molecule is Cc1cc(-c2c(C#N)c(NCCCn3ccnc3)nc3sc(OC(N)=O)c(N)c23)oc1C. The van der Waals surface area contributed by atoms with E-state index < -0.39 is 6.09 Å². The lowest BCUT2D eigenvalue weighted by molar-refractivity contribution is 0.212. The van der Waals surface area contributed by atoms with E-state index in [4.69, 9.17) is 20.6 Å². The van der Waals surface area contributed by atoms with Crippen molar-refractivity contribution in [1.82, 2.24) is 14.5 Å². The van der Waals surface area contributed by atoms with Gasteiger partial charge in [-0.15, -0.1) is 0 Å². The fraction of sp³-hybridized carbons (Fsp3) is 0.238. The van der Waals surface area contributed by atoms with Crippen LogP contribution in [0.4, 0.5) is 16.3 Å². The molecule has 0 saturated carbocycles. The van der Waals surface area contributed by atoms with Crippen LogP contribution in [0.1, 0.15) is 23.3 Å². The van der Waals surface area contributed by atoms with Gasteiger partial charge in [-0.3, -0.25) is 0 Å². The number of nitriles is 1. The number of aromatic nitrogens is 3. The molecule has 32 heavy (non-hydrogen) atoms. The van der Waals surface area contributed by atoms with Crippen molar-refractivity contribution in [3.8, 4) is 22.5 Å². The Morgan fingerprint density at radius 1 is 1.44 bits per heavy atom.